The Kier molecular flexibility index (Phi) is 5.78. The summed E-state index contributed by atoms with van der Waals surface area (Å²) < 4.78 is 6.29. The zero-order valence-electron chi connectivity index (χ0n) is 16.0. The molecule has 2 rings (SSSR count). The molecule has 0 amide bonds. The fourth-order valence-corrected chi connectivity index (χ4v) is 4.45. The average Bonchev–Trinajstić information content (AvgIpc) is 2.42. The standard InChI is InChI=1S/C19H35NO2Si/c1-15-13-17-16(18(21)14-15)9-7-10-20(17)11-8-12-22-23(5,6)19(2,3)4/h15H,7-14H2,1-6H3/t15-/m0/s1. The Morgan fingerprint density at radius 1 is 1.26 bits per heavy atom. The Labute approximate surface area is 143 Å². The van der Waals surface area contributed by atoms with Crippen LogP contribution in [0.3, 0.4) is 0 Å². The maximum absolute atomic E-state index is 12.3. The molecule has 4 heteroatoms. The molecule has 0 aromatic heterocycles. The first-order valence-electron chi connectivity index (χ1n) is 9.26. The lowest BCUT2D eigenvalue weighted by atomic mass is 9.83. The van der Waals surface area contributed by atoms with E-state index in [1.165, 1.54) is 5.70 Å². The maximum Gasteiger partial charge on any atom is 0.191 e. The first kappa shape index (κ1) is 18.7. The number of hydrogen-bond donors (Lipinski definition) is 0. The molecule has 1 aliphatic heterocycles. The molecule has 0 unspecified atom stereocenters. The minimum absolute atomic E-state index is 0.277. The Morgan fingerprint density at radius 2 is 1.96 bits per heavy atom. The lowest BCUT2D eigenvalue weighted by Gasteiger charge is -2.38. The van der Waals surface area contributed by atoms with Crippen molar-refractivity contribution in [1.82, 2.24) is 4.90 Å². The Morgan fingerprint density at radius 3 is 2.61 bits per heavy atom. The summed E-state index contributed by atoms with van der Waals surface area (Å²) in [4.78, 5) is 14.7. The second-order valence-electron chi connectivity index (χ2n) is 8.91. The van der Waals surface area contributed by atoms with Gasteiger partial charge < -0.3 is 9.33 Å². The van der Waals surface area contributed by atoms with E-state index in [1.54, 1.807) is 0 Å². The third kappa shape index (κ3) is 4.47. The molecule has 0 saturated heterocycles. The van der Waals surface area contributed by atoms with Gasteiger partial charge in [0.25, 0.3) is 0 Å². The van der Waals surface area contributed by atoms with E-state index in [0.717, 1.165) is 57.4 Å². The molecule has 1 aliphatic carbocycles. The maximum atomic E-state index is 12.3. The highest BCUT2D eigenvalue weighted by Crippen LogP contribution is 2.37. The van der Waals surface area contributed by atoms with Crippen LogP contribution < -0.4 is 0 Å². The first-order chi connectivity index (χ1) is 10.6. The number of carbonyl (C=O) groups is 1. The van der Waals surface area contributed by atoms with Crippen LogP contribution in [-0.4, -0.2) is 38.7 Å². The van der Waals surface area contributed by atoms with Gasteiger partial charge in [0.05, 0.1) is 0 Å². The van der Waals surface area contributed by atoms with Crippen LogP contribution in [0.15, 0.2) is 11.3 Å². The monoisotopic (exact) mass is 337 g/mol. The molecule has 0 aromatic carbocycles. The van der Waals surface area contributed by atoms with E-state index in [-0.39, 0.29) is 5.04 Å². The normalized spacial score (nSPS) is 23.3. The third-order valence-corrected chi connectivity index (χ3v) is 10.4. The Bertz CT molecular complexity index is 476. The molecule has 0 aromatic rings. The van der Waals surface area contributed by atoms with Crippen LogP contribution in [0.2, 0.25) is 18.1 Å². The van der Waals surface area contributed by atoms with Crippen LogP contribution in [0, 0.1) is 5.92 Å². The van der Waals surface area contributed by atoms with Gasteiger partial charge in [0, 0.05) is 37.4 Å². The van der Waals surface area contributed by atoms with Crippen LogP contribution in [0.1, 0.15) is 59.8 Å². The highest BCUT2D eigenvalue weighted by molar-refractivity contribution is 6.74. The van der Waals surface area contributed by atoms with Crippen LogP contribution >= 0.6 is 0 Å². The number of Topliss-reactive ketones (excluding diaryl/α,β-unsaturated/α-hetero) is 1. The van der Waals surface area contributed by atoms with Crippen LogP contribution in [0.4, 0.5) is 0 Å². The number of nitrogens with zero attached hydrogens (tertiary/aromatic N) is 1. The van der Waals surface area contributed by atoms with Crippen molar-refractivity contribution in [2.75, 3.05) is 19.7 Å². The summed E-state index contributed by atoms with van der Waals surface area (Å²) in [5.41, 5.74) is 2.49. The molecule has 0 radical (unpaired) electrons. The number of allylic oxidation sites excluding steroid dienone is 2. The van der Waals surface area contributed by atoms with Gasteiger partial charge in [-0.15, -0.1) is 0 Å². The van der Waals surface area contributed by atoms with E-state index in [2.05, 4.69) is 45.7 Å². The van der Waals surface area contributed by atoms with Gasteiger partial charge in [0.1, 0.15) is 0 Å². The van der Waals surface area contributed by atoms with Crippen LogP contribution in [-0.2, 0) is 9.22 Å². The fourth-order valence-electron chi connectivity index (χ4n) is 3.36. The van der Waals surface area contributed by atoms with Crippen LogP contribution in [0.5, 0.6) is 0 Å². The summed E-state index contributed by atoms with van der Waals surface area (Å²) in [6.07, 6.45) is 5.02. The molecule has 0 bridgehead atoms. The molecule has 0 saturated carbocycles. The second-order valence-corrected chi connectivity index (χ2v) is 13.7. The predicted molar refractivity (Wildman–Crippen MR) is 99.0 cm³/mol. The lowest BCUT2D eigenvalue weighted by Crippen LogP contribution is -2.41. The van der Waals surface area contributed by atoms with Gasteiger partial charge in [0.15, 0.2) is 14.1 Å². The van der Waals surface area contributed by atoms with Gasteiger partial charge in [-0.3, -0.25) is 4.79 Å². The summed E-state index contributed by atoms with van der Waals surface area (Å²) in [6.45, 7) is 16.7. The van der Waals surface area contributed by atoms with E-state index in [4.69, 9.17) is 4.43 Å². The van der Waals surface area contributed by atoms with E-state index < -0.39 is 8.32 Å². The summed E-state index contributed by atoms with van der Waals surface area (Å²) in [5, 5.41) is 0.277. The zero-order chi connectivity index (χ0) is 17.3. The van der Waals surface area contributed by atoms with Crippen molar-refractivity contribution in [3.05, 3.63) is 11.3 Å². The fraction of sp³-hybridized carbons (Fsp3) is 0.842. The molecular formula is C19H35NO2Si. The number of ketones is 1. The van der Waals surface area contributed by atoms with Crippen molar-refractivity contribution in [2.24, 2.45) is 5.92 Å². The summed E-state index contributed by atoms with van der Waals surface area (Å²) >= 11 is 0. The SMILES string of the molecule is C[C@@H]1CC(=O)C2=C(C1)N(CCCO[Si](C)(C)C(C)(C)C)CCC2. The molecule has 1 atom stereocenters. The summed E-state index contributed by atoms with van der Waals surface area (Å²) in [5.74, 6) is 0.909. The van der Waals surface area contributed by atoms with Crippen molar-refractivity contribution in [3.8, 4) is 0 Å². The van der Waals surface area contributed by atoms with Gasteiger partial charge in [-0.2, -0.15) is 0 Å². The van der Waals surface area contributed by atoms with Crippen molar-refractivity contribution in [2.45, 2.75) is 77.9 Å². The van der Waals surface area contributed by atoms with E-state index >= 15 is 0 Å². The van der Waals surface area contributed by atoms with Gasteiger partial charge in [-0.1, -0.05) is 27.7 Å². The molecule has 0 N–H and O–H groups in total. The summed E-state index contributed by atoms with van der Waals surface area (Å²) in [7, 11) is -1.63. The molecule has 3 nitrogen and oxygen atoms in total. The zero-order valence-corrected chi connectivity index (χ0v) is 17.0. The molecule has 2 aliphatic rings. The van der Waals surface area contributed by atoms with Gasteiger partial charge in [0.2, 0.25) is 0 Å². The Balaban J connectivity index is 1.89. The largest absolute Gasteiger partial charge is 0.417 e. The average molecular weight is 338 g/mol. The topological polar surface area (TPSA) is 29.5 Å². The van der Waals surface area contributed by atoms with E-state index in [1.807, 2.05) is 0 Å². The highest BCUT2D eigenvalue weighted by atomic mass is 28.4. The van der Waals surface area contributed by atoms with E-state index in [9.17, 15) is 4.79 Å². The Hall–Kier alpha value is -0.613. The number of rotatable bonds is 5. The number of carbonyl (C=O) groups excluding carboxylic acids is 1. The minimum Gasteiger partial charge on any atom is -0.417 e. The van der Waals surface area contributed by atoms with Crippen LogP contribution in [0.25, 0.3) is 0 Å². The second kappa shape index (κ2) is 7.10. The quantitative estimate of drug-likeness (QED) is 0.536. The molecule has 23 heavy (non-hydrogen) atoms. The van der Waals surface area contributed by atoms with Gasteiger partial charge in [-0.25, -0.2) is 0 Å². The summed E-state index contributed by atoms with van der Waals surface area (Å²) in [6, 6.07) is 0. The molecule has 0 spiro atoms. The minimum atomic E-state index is -1.63. The molecule has 1 heterocycles. The van der Waals surface area contributed by atoms with Crippen molar-refractivity contribution in [1.29, 1.82) is 0 Å². The first-order valence-corrected chi connectivity index (χ1v) is 12.2. The van der Waals surface area contributed by atoms with Crippen molar-refractivity contribution >= 4 is 14.1 Å². The van der Waals surface area contributed by atoms with E-state index in [0.29, 0.717) is 11.7 Å². The smallest absolute Gasteiger partial charge is 0.191 e. The van der Waals surface area contributed by atoms with Gasteiger partial charge >= 0.3 is 0 Å². The van der Waals surface area contributed by atoms with Crippen molar-refractivity contribution < 1.29 is 9.22 Å². The molecule has 0 fully saturated rings. The lowest BCUT2D eigenvalue weighted by molar-refractivity contribution is -0.117. The van der Waals surface area contributed by atoms with Gasteiger partial charge in [-0.05, 0) is 49.7 Å². The highest BCUT2D eigenvalue weighted by Gasteiger charge is 2.37. The third-order valence-electron chi connectivity index (χ3n) is 5.84. The molecular weight excluding hydrogens is 302 g/mol. The predicted octanol–water partition coefficient (Wildman–Crippen LogP) is 4.75. The van der Waals surface area contributed by atoms with Crippen molar-refractivity contribution in [3.63, 3.8) is 0 Å². The molecule has 132 valence electrons. The number of hydrogen-bond acceptors (Lipinski definition) is 3.